The Morgan fingerprint density at radius 3 is 2.59 bits per heavy atom. The molecule has 1 amide bonds. The molecule has 158 valence electrons. The van der Waals surface area contributed by atoms with E-state index in [0.717, 1.165) is 35.5 Å². The predicted molar refractivity (Wildman–Crippen MR) is 116 cm³/mol. The molecule has 0 spiro atoms. The van der Waals surface area contributed by atoms with Gasteiger partial charge in [0.2, 0.25) is 15.9 Å². The van der Waals surface area contributed by atoms with Crippen molar-refractivity contribution in [2.24, 2.45) is 5.92 Å². The zero-order valence-corrected chi connectivity index (χ0v) is 18.5. The molecule has 1 aliphatic rings. The number of nitrogens with zero attached hydrogens (tertiary/aromatic N) is 2. The van der Waals surface area contributed by atoms with E-state index in [0.29, 0.717) is 32.5 Å². The Hall–Kier alpha value is -1.77. The van der Waals surface area contributed by atoms with E-state index in [1.807, 2.05) is 37.3 Å². The predicted octanol–water partition coefficient (Wildman–Crippen LogP) is 3.13. The standard InChI is InChI=1S/C21H29N3O3S2/c1-17-15-28-20(23-17)9-5-6-12-22-21(25)19-10-13-24(14-11-19)29(26,27)16-18-7-3-2-4-8-18/h2-4,7-8,15,19H,5-6,9-14,16H2,1H3,(H,22,25). The maximum atomic E-state index is 12.6. The number of thiazole rings is 1. The first-order valence-electron chi connectivity index (χ1n) is 10.1. The fraction of sp³-hybridized carbons (Fsp3) is 0.524. The van der Waals surface area contributed by atoms with Crippen LogP contribution in [-0.2, 0) is 27.0 Å². The minimum atomic E-state index is -3.34. The summed E-state index contributed by atoms with van der Waals surface area (Å²) in [5.74, 6) is -0.0291. The van der Waals surface area contributed by atoms with Crippen LogP contribution in [0.4, 0.5) is 0 Å². The summed E-state index contributed by atoms with van der Waals surface area (Å²) in [4.78, 5) is 16.8. The number of hydrogen-bond donors (Lipinski definition) is 1. The Kier molecular flexibility index (Phi) is 7.80. The molecule has 1 fully saturated rings. The molecule has 3 rings (SSSR count). The molecule has 0 saturated carbocycles. The van der Waals surface area contributed by atoms with E-state index in [1.165, 1.54) is 4.31 Å². The van der Waals surface area contributed by atoms with Crippen molar-refractivity contribution in [1.82, 2.24) is 14.6 Å². The lowest BCUT2D eigenvalue weighted by Gasteiger charge is -2.30. The molecule has 1 aromatic heterocycles. The first-order chi connectivity index (χ1) is 13.9. The molecule has 1 saturated heterocycles. The molecular weight excluding hydrogens is 406 g/mol. The Morgan fingerprint density at radius 1 is 1.21 bits per heavy atom. The lowest BCUT2D eigenvalue weighted by Crippen LogP contribution is -2.43. The third-order valence-corrected chi connectivity index (χ3v) is 8.07. The molecular formula is C21H29N3O3S2. The van der Waals surface area contributed by atoms with Crippen molar-refractivity contribution in [3.63, 3.8) is 0 Å². The fourth-order valence-corrected chi connectivity index (χ4v) is 5.93. The summed E-state index contributed by atoms with van der Waals surface area (Å²) in [7, 11) is -3.34. The monoisotopic (exact) mass is 435 g/mol. The van der Waals surface area contributed by atoms with E-state index in [9.17, 15) is 13.2 Å². The average Bonchev–Trinajstić information content (AvgIpc) is 3.13. The molecule has 0 radical (unpaired) electrons. The lowest BCUT2D eigenvalue weighted by molar-refractivity contribution is -0.126. The van der Waals surface area contributed by atoms with Crippen molar-refractivity contribution < 1.29 is 13.2 Å². The summed E-state index contributed by atoms with van der Waals surface area (Å²) < 4.78 is 26.8. The molecule has 1 aromatic carbocycles. The van der Waals surface area contributed by atoms with Gasteiger partial charge in [-0.1, -0.05) is 30.3 Å². The number of aromatic nitrogens is 1. The number of sulfonamides is 1. The summed E-state index contributed by atoms with van der Waals surface area (Å²) >= 11 is 1.69. The summed E-state index contributed by atoms with van der Waals surface area (Å²) in [5, 5.41) is 6.22. The molecule has 1 N–H and O–H groups in total. The van der Waals surface area contributed by atoms with Gasteiger partial charge in [0.25, 0.3) is 0 Å². The Balaban J connectivity index is 1.35. The number of rotatable bonds is 9. The number of benzene rings is 1. The smallest absolute Gasteiger partial charge is 0.223 e. The van der Waals surface area contributed by atoms with Crippen LogP contribution >= 0.6 is 11.3 Å². The molecule has 0 atom stereocenters. The number of piperidine rings is 1. The van der Waals surface area contributed by atoms with Gasteiger partial charge in [-0.25, -0.2) is 17.7 Å². The van der Waals surface area contributed by atoms with Crippen molar-refractivity contribution in [2.75, 3.05) is 19.6 Å². The molecule has 8 heteroatoms. The number of amides is 1. The SMILES string of the molecule is Cc1csc(CCCCNC(=O)C2CCN(S(=O)(=O)Cc3ccccc3)CC2)n1. The first-order valence-corrected chi connectivity index (χ1v) is 12.6. The number of nitrogens with one attached hydrogen (secondary N) is 1. The van der Waals surface area contributed by atoms with Crippen LogP contribution in [0.5, 0.6) is 0 Å². The molecule has 0 unspecified atom stereocenters. The van der Waals surface area contributed by atoms with Crippen molar-refractivity contribution in [1.29, 1.82) is 0 Å². The van der Waals surface area contributed by atoms with Gasteiger partial charge in [-0.15, -0.1) is 11.3 Å². The average molecular weight is 436 g/mol. The molecule has 1 aliphatic heterocycles. The maximum Gasteiger partial charge on any atom is 0.223 e. The number of unbranched alkanes of at least 4 members (excludes halogenated alkanes) is 1. The van der Waals surface area contributed by atoms with Gasteiger partial charge in [0, 0.05) is 36.6 Å². The van der Waals surface area contributed by atoms with Gasteiger partial charge in [-0.2, -0.15) is 0 Å². The highest BCUT2D eigenvalue weighted by atomic mass is 32.2. The minimum Gasteiger partial charge on any atom is -0.356 e. The van der Waals surface area contributed by atoms with Crippen LogP contribution in [-0.4, -0.2) is 43.2 Å². The van der Waals surface area contributed by atoms with Gasteiger partial charge in [0.15, 0.2) is 0 Å². The van der Waals surface area contributed by atoms with E-state index in [2.05, 4.69) is 15.7 Å². The first kappa shape index (κ1) is 21.9. The third-order valence-electron chi connectivity index (χ3n) is 5.19. The van der Waals surface area contributed by atoms with Crippen LogP contribution in [0.3, 0.4) is 0 Å². The van der Waals surface area contributed by atoms with Crippen molar-refractivity contribution in [3.05, 3.63) is 52.0 Å². The van der Waals surface area contributed by atoms with E-state index in [-0.39, 0.29) is 17.6 Å². The Labute approximate surface area is 177 Å². The van der Waals surface area contributed by atoms with Crippen LogP contribution in [0.25, 0.3) is 0 Å². The highest BCUT2D eigenvalue weighted by molar-refractivity contribution is 7.88. The second-order valence-corrected chi connectivity index (χ2v) is 10.5. The molecule has 29 heavy (non-hydrogen) atoms. The van der Waals surface area contributed by atoms with Crippen molar-refractivity contribution in [3.8, 4) is 0 Å². The number of carbonyl (C=O) groups excluding carboxylic acids is 1. The second kappa shape index (κ2) is 10.3. The molecule has 2 heterocycles. The summed E-state index contributed by atoms with van der Waals surface area (Å²) in [6.07, 6.45) is 4.04. The van der Waals surface area contributed by atoms with Crippen molar-refractivity contribution in [2.45, 2.75) is 44.8 Å². The fourth-order valence-electron chi connectivity index (χ4n) is 3.55. The quantitative estimate of drug-likeness (QED) is 0.614. The second-order valence-electron chi connectivity index (χ2n) is 7.55. The van der Waals surface area contributed by atoms with Gasteiger partial charge in [0.05, 0.1) is 10.8 Å². The van der Waals surface area contributed by atoms with Gasteiger partial charge in [-0.3, -0.25) is 4.79 Å². The van der Waals surface area contributed by atoms with Gasteiger partial charge in [-0.05, 0) is 44.6 Å². The summed E-state index contributed by atoms with van der Waals surface area (Å²) in [6, 6.07) is 9.22. The Morgan fingerprint density at radius 2 is 1.93 bits per heavy atom. The highest BCUT2D eigenvalue weighted by Crippen LogP contribution is 2.22. The van der Waals surface area contributed by atoms with Crippen LogP contribution in [0.2, 0.25) is 0 Å². The normalized spacial score (nSPS) is 16.0. The van der Waals surface area contributed by atoms with E-state index < -0.39 is 10.0 Å². The maximum absolute atomic E-state index is 12.6. The van der Waals surface area contributed by atoms with Crippen LogP contribution in [0, 0.1) is 12.8 Å². The van der Waals surface area contributed by atoms with E-state index >= 15 is 0 Å². The molecule has 0 aliphatic carbocycles. The lowest BCUT2D eigenvalue weighted by atomic mass is 9.97. The third kappa shape index (κ3) is 6.62. The number of aryl methyl sites for hydroxylation is 2. The summed E-state index contributed by atoms with van der Waals surface area (Å²) in [5.41, 5.74) is 1.86. The highest BCUT2D eigenvalue weighted by Gasteiger charge is 2.30. The molecule has 2 aromatic rings. The van der Waals surface area contributed by atoms with Crippen molar-refractivity contribution >= 4 is 27.3 Å². The van der Waals surface area contributed by atoms with Gasteiger partial charge >= 0.3 is 0 Å². The topological polar surface area (TPSA) is 79.4 Å². The molecule has 0 bridgehead atoms. The van der Waals surface area contributed by atoms with Gasteiger partial charge < -0.3 is 5.32 Å². The minimum absolute atomic E-state index is 0.0172. The Bertz CT molecular complexity index is 889. The van der Waals surface area contributed by atoms with Crippen LogP contribution in [0.15, 0.2) is 35.7 Å². The number of hydrogen-bond acceptors (Lipinski definition) is 5. The van der Waals surface area contributed by atoms with E-state index in [1.54, 1.807) is 11.3 Å². The van der Waals surface area contributed by atoms with Crippen LogP contribution < -0.4 is 5.32 Å². The van der Waals surface area contributed by atoms with Gasteiger partial charge in [0.1, 0.15) is 0 Å². The van der Waals surface area contributed by atoms with Crippen LogP contribution in [0.1, 0.15) is 41.9 Å². The number of carbonyl (C=O) groups is 1. The largest absolute Gasteiger partial charge is 0.356 e. The zero-order chi connectivity index (χ0) is 20.7. The van der Waals surface area contributed by atoms with E-state index in [4.69, 9.17) is 0 Å². The summed E-state index contributed by atoms with van der Waals surface area (Å²) in [6.45, 7) is 3.49. The molecule has 6 nitrogen and oxygen atoms in total. The zero-order valence-electron chi connectivity index (χ0n) is 16.8.